The Morgan fingerprint density at radius 2 is 1.78 bits per heavy atom. The standard InChI is InChI=1S/C15H26N4O3S/c1-5-19(23(4,21)22)12-6-11-16-15(20)17-13-7-9-14(10-8-13)18(2)3/h7-10H,5-6,11-12H2,1-4H3,(H2,16,17,20). The van der Waals surface area contributed by atoms with Crippen LogP contribution in [0.4, 0.5) is 16.2 Å². The molecular weight excluding hydrogens is 316 g/mol. The highest BCUT2D eigenvalue weighted by Gasteiger charge is 2.13. The molecule has 1 aromatic rings. The lowest BCUT2D eigenvalue weighted by Gasteiger charge is -2.17. The van der Waals surface area contributed by atoms with Gasteiger partial charge in [0.15, 0.2) is 0 Å². The molecule has 0 fully saturated rings. The molecule has 0 heterocycles. The largest absolute Gasteiger partial charge is 0.378 e. The van der Waals surface area contributed by atoms with Gasteiger partial charge in [-0.3, -0.25) is 0 Å². The second kappa shape index (κ2) is 8.73. The van der Waals surface area contributed by atoms with Crippen molar-refractivity contribution in [2.24, 2.45) is 0 Å². The summed E-state index contributed by atoms with van der Waals surface area (Å²) in [6.07, 6.45) is 1.75. The zero-order chi connectivity index (χ0) is 17.5. The highest BCUT2D eigenvalue weighted by molar-refractivity contribution is 7.88. The van der Waals surface area contributed by atoms with Crippen molar-refractivity contribution in [3.05, 3.63) is 24.3 Å². The zero-order valence-corrected chi connectivity index (χ0v) is 15.0. The molecule has 0 bridgehead atoms. The molecule has 7 nitrogen and oxygen atoms in total. The molecule has 2 N–H and O–H groups in total. The maximum Gasteiger partial charge on any atom is 0.319 e. The normalized spacial score (nSPS) is 11.3. The number of nitrogens with one attached hydrogen (secondary N) is 2. The summed E-state index contributed by atoms with van der Waals surface area (Å²) in [5.41, 5.74) is 1.76. The van der Waals surface area contributed by atoms with Crippen LogP contribution >= 0.6 is 0 Å². The fraction of sp³-hybridized carbons (Fsp3) is 0.533. The Morgan fingerprint density at radius 1 is 1.17 bits per heavy atom. The second-order valence-electron chi connectivity index (χ2n) is 5.43. The molecule has 2 amide bonds. The van der Waals surface area contributed by atoms with Crippen molar-refractivity contribution in [1.82, 2.24) is 9.62 Å². The van der Waals surface area contributed by atoms with Crippen molar-refractivity contribution in [3.63, 3.8) is 0 Å². The Labute approximate surface area is 138 Å². The molecule has 130 valence electrons. The highest BCUT2D eigenvalue weighted by Crippen LogP contribution is 2.15. The van der Waals surface area contributed by atoms with Gasteiger partial charge in [0, 0.05) is 45.1 Å². The van der Waals surface area contributed by atoms with Crippen molar-refractivity contribution in [2.75, 3.05) is 50.2 Å². The monoisotopic (exact) mass is 342 g/mol. The van der Waals surface area contributed by atoms with Gasteiger partial charge in [0.25, 0.3) is 0 Å². The van der Waals surface area contributed by atoms with Crippen LogP contribution in [-0.4, -0.2) is 58.7 Å². The van der Waals surface area contributed by atoms with Crippen LogP contribution < -0.4 is 15.5 Å². The van der Waals surface area contributed by atoms with E-state index in [1.807, 2.05) is 43.3 Å². The van der Waals surface area contributed by atoms with Crippen LogP contribution in [0.2, 0.25) is 0 Å². The second-order valence-corrected chi connectivity index (χ2v) is 7.41. The van der Waals surface area contributed by atoms with E-state index in [9.17, 15) is 13.2 Å². The predicted octanol–water partition coefficient (Wildman–Crippen LogP) is 1.55. The van der Waals surface area contributed by atoms with Gasteiger partial charge in [-0.25, -0.2) is 17.5 Å². The third-order valence-electron chi connectivity index (χ3n) is 3.33. The zero-order valence-electron chi connectivity index (χ0n) is 14.2. The molecule has 0 aliphatic heterocycles. The quantitative estimate of drug-likeness (QED) is 0.702. The fourth-order valence-corrected chi connectivity index (χ4v) is 2.96. The maximum absolute atomic E-state index is 11.8. The summed E-state index contributed by atoms with van der Waals surface area (Å²) in [5.74, 6) is 0. The number of hydrogen-bond acceptors (Lipinski definition) is 4. The summed E-state index contributed by atoms with van der Waals surface area (Å²) < 4.78 is 24.2. The van der Waals surface area contributed by atoms with E-state index in [1.54, 1.807) is 6.92 Å². The van der Waals surface area contributed by atoms with Crippen molar-refractivity contribution in [3.8, 4) is 0 Å². The first-order valence-electron chi connectivity index (χ1n) is 7.51. The van der Waals surface area contributed by atoms with Crippen molar-refractivity contribution in [2.45, 2.75) is 13.3 Å². The van der Waals surface area contributed by atoms with Crippen LogP contribution in [0.3, 0.4) is 0 Å². The van der Waals surface area contributed by atoms with Crippen LogP contribution in [0, 0.1) is 0 Å². The number of anilines is 2. The van der Waals surface area contributed by atoms with E-state index in [1.165, 1.54) is 10.6 Å². The molecule has 0 aliphatic rings. The first-order valence-corrected chi connectivity index (χ1v) is 9.36. The van der Waals surface area contributed by atoms with Crippen molar-refractivity contribution < 1.29 is 13.2 Å². The van der Waals surface area contributed by atoms with E-state index in [2.05, 4.69) is 10.6 Å². The molecule has 0 atom stereocenters. The summed E-state index contributed by atoms with van der Waals surface area (Å²) in [6.45, 7) is 3.03. The minimum Gasteiger partial charge on any atom is -0.378 e. The molecule has 0 unspecified atom stereocenters. The van der Waals surface area contributed by atoms with Gasteiger partial charge in [-0.2, -0.15) is 0 Å². The van der Waals surface area contributed by atoms with E-state index >= 15 is 0 Å². The summed E-state index contributed by atoms with van der Waals surface area (Å²) >= 11 is 0. The predicted molar refractivity (Wildman–Crippen MR) is 94.5 cm³/mol. The van der Waals surface area contributed by atoms with Gasteiger partial charge in [-0.1, -0.05) is 6.92 Å². The summed E-state index contributed by atoms with van der Waals surface area (Å²) in [6, 6.07) is 7.20. The number of rotatable bonds is 8. The summed E-state index contributed by atoms with van der Waals surface area (Å²) in [7, 11) is 0.725. The Hall–Kier alpha value is -1.80. The highest BCUT2D eigenvalue weighted by atomic mass is 32.2. The molecule has 0 aliphatic carbocycles. The molecular formula is C15H26N4O3S. The average molecular weight is 342 g/mol. The van der Waals surface area contributed by atoms with Gasteiger partial charge in [0.2, 0.25) is 10.0 Å². The van der Waals surface area contributed by atoms with Crippen LogP contribution in [0.5, 0.6) is 0 Å². The third kappa shape index (κ3) is 6.87. The molecule has 0 radical (unpaired) electrons. The molecule has 23 heavy (non-hydrogen) atoms. The minimum absolute atomic E-state index is 0.301. The number of urea groups is 1. The number of hydrogen-bond donors (Lipinski definition) is 2. The third-order valence-corrected chi connectivity index (χ3v) is 4.71. The van der Waals surface area contributed by atoms with Crippen LogP contribution in [0.1, 0.15) is 13.3 Å². The van der Waals surface area contributed by atoms with E-state index in [0.29, 0.717) is 31.7 Å². The van der Waals surface area contributed by atoms with Crippen LogP contribution in [-0.2, 0) is 10.0 Å². The number of nitrogens with zero attached hydrogens (tertiary/aromatic N) is 2. The van der Waals surface area contributed by atoms with E-state index in [0.717, 1.165) is 5.69 Å². The summed E-state index contributed by atoms with van der Waals surface area (Å²) in [4.78, 5) is 13.8. The fourth-order valence-electron chi connectivity index (χ4n) is 2.03. The van der Waals surface area contributed by atoms with Crippen molar-refractivity contribution >= 4 is 27.4 Å². The smallest absolute Gasteiger partial charge is 0.319 e. The lowest BCUT2D eigenvalue weighted by atomic mass is 10.2. The Kier molecular flexibility index (Phi) is 7.31. The first kappa shape index (κ1) is 19.2. The van der Waals surface area contributed by atoms with E-state index < -0.39 is 10.0 Å². The Balaban J connectivity index is 2.34. The molecule has 0 aromatic heterocycles. The van der Waals surface area contributed by atoms with Crippen LogP contribution in [0.25, 0.3) is 0 Å². The lowest BCUT2D eigenvalue weighted by Crippen LogP contribution is -2.34. The maximum atomic E-state index is 11.8. The van der Waals surface area contributed by atoms with Gasteiger partial charge in [0.1, 0.15) is 0 Å². The van der Waals surface area contributed by atoms with E-state index in [-0.39, 0.29) is 6.03 Å². The Bertz CT molecular complexity index is 600. The van der Waals surface area contributed by atoms with Gasteiger partial charge < -0.3 is 15.5 Å². The first-order chi connectivity index (χ1) is 10.7. The van der Waals surface area contributed by atoms with Crippen LogP contribution in [0.15, 0.2) is 24.3 Å². The molecule has 0 saturated heterocycles. The van der Waals surface area contributed by atoms with Gasteiger partial charge in [-0.15, -0.1) is 0 Å². The average Bonchev–Trinajstić information content (AvgIpc) is 2.46. The summed E-state index contributed by atoms with van der Waals surface area (Å²) in [5, 5.41) is 5.46. The number of benzene rings is 1. The lowest BCUT2D eigenvalue weighted by molar-refractivity contribution is 0.251. The van der Waals surface area contributed by atoms with Gasteiger partial charge in [0.05, 0.1) is 6.26 Å². The number of carbonyl (C=O) groups excluding carboxylic acids is 1. The topological polar surface area (TPSA) is 81.8 Å². The number of carbonyl (C=O) groups is 1. The van der Waals surface area contributed by atoms with E-state index in [4.69, 9.17) is 0 Å². The van der Waals surface area contributed by atoms with Gasteiger partial charge in [-0.05, 0) is 30.7 Å². The number of amides is 2. The van der Waals surface area contributed by atoms with Crippen molar-refractivity contribution in [1.29, 1.82) is 0 Å². The molecule has 1 rings (SSSR count). The molecule has 0 spiro atoms. The van der Waals surface area contributed by atoms with Gasteiger partial charge >= 0.3 is 6.03 Å². The number of sulfonamides is 1. The molecule has 0 saturated carbocycles. The minimum atomic E-state index is -3.17. The molecule has 8 heteroatoms. The SMILES string of the molecule is CCN(CCCNC(=O)Nc1ccc(N(C)C)cc1)S(C)(=O)=O. The molecule has 1 aromatic carbocycles. The Morgan fingerprint density at radius 3 is 2.26 bits per heavy atom.